The second-order valence-corrected chi connectivity index (χ2v) is 5.03. The summed E-state index contributed by atoms with van der Waals surface area (Å²) in [6.07, 6.45) is 5.79. The molecule has 1 aliphatic carbocycles. The number of rotatable bonds is 4. The molecule has 1 saturated carbocycles. The average Bonchev–Trinajstić information content (AvgIpc) is 2.26. The molecule has 0 aromatic heterocycles. The summed E-state index contributed by atoms with van der Waals surface area (Å²) in [5, 5.41) is 10.3. The topological polar surface area (TPSA) is 82.2 Å². The number of urea groups is 1. The van der Waals surface area contributed by atoms with Crippen molar-refractivity contribution in [2.75, 3.05) is 6.54 Å². The molecule has 0 spiro atoms. The summed E-state index contributed by atoms with van der Waals surface area (Å²) in [4.78, 5) is 13.7. The van der Waals surface area contributed by atoms with Gasteiger partial charge in [0.25, 0.3) is 0 Å². The van der Waals surface area contributed by atoms with E-state index >= 15 is 0 Å². The Morgan fingerprint density at radius 2 is 2.00 bits per heavy atom. The van der Waals surface area contributed by atoms with Gasteiger partial charge in [-0.25, -0.2) is 4.79 Å². The van der Waals surface area contributed by atoms with Crippen LogP contribution in [0.5, 0.6) is 0 Å². The highest BCUT2D eigenvalue weighted by molar-refractivity contribution is 5.84. The lowest BCUT2D eigenvalue weighted by molar-refractivity contribution is 0.184. The summed E-state index contributed by atoms with van der Waals surface area (Å²) in [5.41, 5.74) is 5.36. The fourth-order valence-electron chi connectivity index (χ4n) is 2.18. The smallest absolute Gasteiger partial charge is 0.318 e. The number of nitrogens with one attached hydrogen (secondary N) is 2. The zero-order chi connectivity index (χ0) is 12.8. The van der Waals surface area contributed by atoms with Gasteiger partial charge in [-0.3, -0.25) is 5.41 Å². The second-order valence-electron chi connectivity index (χ2n) is 5.03. The van der Waals surface area contributed by atoms with Crippen LogP contribution in [0, 0.1) is 5.41 Å². The van der Waals surface area contributed by atoms with Gasteiger partial charge >= 0.3 is 6.03 Å². The number of carbonyl (C=O) groups excluding carboxylic acids is 1. The van der Waals surface area contributed by atoms with Crippen molar-refractivity contribution in [2.45, 2.75) is 58.0 Å². The summed E-state index contributed by atoms with van der Waals surface area (Å²) in [7, 11) is 0. The Bertz CT molecular complexity index is 272. The molecule has 4 N–H and O–H groups in total. The number of nitrogens with zero attached hydrogens (tertiary/aromatic N) is 1. The van der Waals surface area contributed by atoms with E-state index in [0.717, 1.165) is 12.8 Å². The molecule has 0 aromatic carbocycles. The van der Waals surface area contributed by atoms with E-state index in [4.69, 9.17) is 11.1 Å². The number of hydrogen-bond donors (Lipinski definition) is 3. The van der Waals surface area contributed by atoms with E-state index in [-0.39, 0.29) is 24.5 Å². The van der Waals surface area contributed by atoms with Crippen molar-refractivity contribution in [3.8, 4) is 0 Å². The molecular formula is C12H24N4O. The van der Waals surface area contributed by atoms with Gasteiger partial charge in [-0.15, -0.1) is 0 Å². The fraction of sp³-hybridized carbons (Fsp3) is 0.833. The quantitative estimate of drug-likeness (QED) is 0.516. The van der Waals surface area contributed by atoms with Gasteiger partial charge in [-0.2, -0.15) is 0 Å². The molecule has 0 bridgehead atoms. The first-order chi connectivity index (χ1) is 8.00. The fourth-order valence-corrected chi connectivity index (χ4v) is 2.18. The Labute approximate surface area is 103 Å². The Hall–Kier alpha value is -1.26. The Kier molecular flexibility index (Phi) is 5.25. The summed E-state index contributed by atoms with van der Waals surface area (Å²) < 4.78 is 0. The standard InChI is InChI=1S/C12H24N4O/c1-9(2)16(8-11(13)14)12(17)15-10-6-4-3-5-7-10/h9-10H,3-8H2,1-2H3,(H3,13,14)(H,15,17). The molecule has 0 heterocycles. The summed E-state index contributed by atoms with van der Waals surface area (Å²) in [6.45, 7) is 4.07. The van der Waals surface area contributed by atoms with Crippen LogP contribution in [0.25, 0.3) is 0 Å². The van der Waals surface area contributed by atoms with Gasteiger partial charge in [-0.05, 0) is 26.7 Å². The highest BCUT2D eigenvalue weighted by Crippen LogP contribution is 2.17. The van der Waals surface area contributed by atoms with Crippen LogP contribution in [0.3, 0.4) is 0 Å². The first kappa shape index (κ1) is 13.8. The SMILES string of the molecule is CC(C)N(CC(=N)N)C(=O)NC1CCCCC1. The molecule has 0 aliphatic heterocycles. The monoisotopic (exact) mass is 240 g/mol. The van der Waals surface area contributed by atoms with Crippen LogP contribution in [-0.2, 0) is 0 Å². The third-order valence-corrected chi connectivity index (χ3v) is 3.16. The van der Waals surface area contributed by atoms with Crippen molar-refractivity contribution in [3.05, 3.63) is 0 Å². The maximum Gasteiger partial charge on any atom is 0.318 e. The van der Waals surface area contributed by atoms with Crippen LogP contribution in [0.15, 0.2) is 0 Å². The minimum atomic E-state index is -0.0953. The molecule has 0 aromatic rings. The van der Waals surface area contributed by atoms with Crippen molar-refractivity contribution >= 4 is 11.9 Å². The molecule has 0 unspecified atom stereocenters. The number of hydrogen-bond acceptors (Lipinski definition) is 2. The molecule has 98 valence electrons. The van der Waals surface area contributed by atoms with Crippen molar-refractivity contribution in [3.63, 3.8) is 0 Å². The van der Waals surface area contributed by atoms with E-state index in [1.54, 1.807) is 4.90 Å². The second kappa shape index (κ2) is 6.47. The summed E-state index contributed by atoms with van der Waals surface area (Å²) >= 11 is 0. The first-order valence-electron chi connectivity index (χ1n) is 6.40. The van der Waals surface area contributed by atoms with Crippen LogP contribution in [0.4, 0.5) is 4.79 Å². The highest BCUT2D eigenvalue weighted by Gasteiger charge is 2.21. The molecule has 17 heavy (non-hydrogen) atoms. The van der Waals surface area contributed by atoms with E-state index in [0.29, 0.717) is 6.04 Å². The van der Waals surface area contributed by atoms with Crippen LogP contribution in [0.2, 0.25) is 0 Å². The molecule has 0 atom stereocenters. The van der Waals surface area contributed by atoms with Gasteiger partial charge in [0.2, 0.25) is 0 Å². The van der Waals surface area contributed by atoms with E-state index in [1.165, 1.54) is 19.3 Å². The molecule has 5 nitrogen and oxygen atoms in total. The lowest BCUT2D eigenvalue weighted by atomic mass is 9.96. The third-order valence-electron chi connectivity index (χ3n) is 3.16. The van der Waals surface area contributed by atoms with Crippen molar-refractivity contribution < 1.29 is 4.79 Å². The first-order valence-corrected chi connectivity index (χ1v) is 6.40. The normalized spacial score (nSPS) is 16.9. The van der Waals surface area contributed by atoms with E-state index < -0.39 is 0 Å². The minimum Gasteiger partial charge on any atom is -0.386 e. The Morgan fingerprint density at radius 3 is 2.47 bits per heavy atom. The highest BCUT2D eigenvalue weighted by atomic mass is 16.2. The number of amides is 2. The van der Waals surface area contributed by atoms with Gasteiger partial charge in [0, 0.05) is 12.1 Å². The van der Waals surface area contributed by atoms with Crippen LogP contribution < -0.4 is 11.1 Å². The average molecular weight is 240 g/mol. The van der Waals surface area contributed by atoms with Crippen LogP contribution >= 0.6 is 0 Å². The van der Waals surface area contributed by atoms with Crippen molar-refractivity contribution in [1.82, 2.24) is 10.2 Å². The molecular weight excluding hydrogens is 216 g/mol. The van der Waals surface area contributed by atoms with Gasteiger partial charge in [0.15, 0.2) is 0 Å². The van der Waals surface area contributed by atoms with E-state index in [2.05, 4.69) is 5.32 Å². The van der Waals surface area contributed by atoms with E-state index in [9.17, 15) is 4.79 Å². The predicted octanol–water partition coefficient (Wildman–Crippen LogP) is 1.68. The molecule has 1 aliphatic rings. The van der Waals surface area contributed by atoms with Crippen LogP contribution in [0.1, 0.15) is 46.0 Å². The molecule has 0 saturated heterocycles. The van der Waals surface area contributed by atoms with E-state index in [1.807, 2.05) is 13.8 Å². The Balaban J connectivity index is 2.49. The number of carbonyl (C=O) groups is 1. The maximum absolute atomic E-state index is 12.1. The van der Waals surface area contributed by atoms with Gasteiger partial charge < -0.3 is 16.0 Å². The lowest BCUT2D eigenvalue weighted by Gasteiger charge is -2.30. The number of nitrogens with two attached hydrogens (primary N) is 1. The largest absolute Gasteiger partial charge is 0.386 e. The lowest BCUT2D eigenvalue weighted by Crippen LogP contribution is -2.50. The molecule has 5 heteroatoms. The third kappa shape index (κ3) is 4.63. The number of amidine groups is 1. The van der Waals surface area contributed by atoms with Crippen LogP contribution in [-0.4, -0.2) is 35.4 Å². The van der Waals surface area contributed by atoms with Crippen molar-refractivity contribution in [2.24, 2.45) is 5.73 Å². The van der Waals surface area contributed by atoms with Gasteiger partial charge in [0.1, 0.15) is 5.84 Å². The summed E-state index contributed by atoms with van der Waals surface area (Å²) in [6, 6.07) is 0.258. The predicted molar refractivity (Wildman–Crippen MR) is 69.2 cm³/mol. The van der Waals surface area contributed by atoms with Crippen molar-refractivity contribution in [1.29, 1.82) is 5.41 Å². The molecule has 1 rings (SSSR count). The molecule has 1 fully saturated rings. The zero-order valence-electron chi connectivity index (χ0n) is 10.8. The molecule has 0 radical (unpaired) electrons. The Morgan fingerprint density at radius 1 is 1.41 bits per heavy atom. The maximum atomic E-state index is 12.1. The van der Waals surface area contributed by atoms with Gasteiger partial charge in [0.05, 0.1) is 6.54 Å². The zero-order valence-corrected chi connectivity index (χ0v) is 10.8. The molecule has 2 amide bonds. The van der Waals surface area contributed by atoms with Gasteiger partial charge in [-0.1, -0.05) is 19.3 Å². The summed E-state index contributed by atoms with van der Waals surface area (Å²) in [5.74, 6) is 0.0255. The minimum absolute atomic E-state index is 0.0255.